The number of rotatable bonds is 6. The van der Waals surface area contributed by atoms with Crippen LogP contribution in [0.3, 0.4) is 0 Å². The highest BCUT2D eigenvalue weighted by molar-refractivity contribution is 7.89. The average molecular weight is 362 g/mol. The van der Waals surface area contributed by atoms with Gasteiger partial charge in [-0.3, -0.25) is 0 Å². The molecule has 3 rings (SSSR count). The normalized spacial score (nSPS) is 16.9. The van der Waals surface area contributed by atoms with Gasteiger partial charge in [-0.15, -0.1) is 0 Å². The maximum Gasteiger partial charge on any atom is 0.240 e. The first-order valence-corrected chi connectivity index (χ1v) is 9.97. The molecule has 0 aromatic heterocycles. The second kappa shape index (κ2) is 7.14. The molecule has 0 bridgehead atoms. The van der Waals surface area contributed by atoms with E-state index in [2.05, 4.69) is 28.7 Å². The zero-order chi connectivity index (χ0) is 18.0. The van der Waals surface area contributed by atoms with Crippen LogP contribution in [-0.2, 0) is 16.4 Å². The number of para-hydroxylation sites is 1. The monoisotopic (exact) mass is 362 g/mol. The molecule has 134 valence electrons. The number of hydrogen-bond acceptors (Lipinski definition) is 3. The molecule has 4 nitrogen and oxygen atoms in total. The first-order valence-electron chi connectivity index (χ1n) is 8.49. The van der Waals surface area contributed by atoms with E-state index >= 15 is 0 Å². The van der Waals surface area contributed by atoms with Gasteiger partial charge in [0.25, 0.3) is 0 Å². The summed E-state index contributed by atoms with van der Waals surface area (Å²) in [5.74, 6) is -0.432. The topological polar surface area (TPSA) is 49.4 Å². The first kappa shape index (κ1) is 17.9. The summed E-state index contributed by atoms with van der Waals surface area (Å²) < 4.78 is 40.5. The lowest BCUT2D eigenvalue weighted by Crippen LogP contribution is -2.33. The van der Waals surface area contributed by atoms with Crippen LogP contribution < -0.4 is 9.62 Å². The van der Waals surface area contributed by atoms with Crippen LogP contribution in [0.5, 0.6) is 0 Å². The minimum Gasteiger partial charge on any atom is -0.368 e. The Morgan fingerprint density at radius 3 is 2.76 bits per heavy atom. The standard InChI is InChI=1S/C19H23FN2O2S/c1-14-12-17(20)8-9-19(14)25(23,24)21-10-5-11-22-15(2)13-16-6-3-4-7-18(16)22/h3-4,6-9,12,15,21H,5,10-11,13H2,1-2H3. The first-order chi connectivity index (χ1) is 11.9. The average Bonchev–Trinajstić information content (AvgIpc) is 2.86. The number of nitrogens with zero attached hydrogens (tertiary/aromatic N) is 1. The van der Waals surface area contributed by atoms with Crippen LogP contribution in [0.4, 0.5) is 10.1 Å². The Bertz CT molecular complexity index is 867. The van der Waals surface area contributed by atoms with E-state index in [1.165, 1.54) is 29.4 Å². The zero-order valence-electron chi connectivity index (χ0n) is 14.5. The van der Waals surface area contributed by atoms with Gasteiger partial charge in [-0.1, -0.05) is 18.2 Å². The van der Waals surface area contributed by atoms with E-state index in [1.807, 2.05) is 12.1 Å². The molecule has 0 saturated carbocycles. The third-order valence-electron chi connectivity index (χ3n) is 4.64. The van der Waals surface area contributed by atoms with E-state index in [0.717, 1.165) is 13.0 Å². The predicted molar refractivity (Wildman–Crippen MR) is 97.9 cm³/mol. The van der Waals surface area contributed by atoms with Crippen molar-refractivity contribution in [1.82, 2.24) is 4.72 Å². The van der Waals surface area contributed by atoms with Crippen molar-refractivity contribution in [2.45, 2.75) is 37.6 Å². The fraction of sp³-hybridized carbons (Fsp3) is 0.368. The van der Waals surface area contributed by atoms with Gasteiger partial charge in [0.2, 0.25) is 10.0 Å². The third kappa shape index (κ3) is 3.85. The second-order valence-corrected chi connectivity index (χ2v) is 8.27. The Hall–Kier alpha value is -1.92. The number of nitrogens with one attached hydrogen (secondary N) is 1. The number of anilines is 1. The lowest BCUT2D eigenvalue weighted by Gasteiger charge is -2.25. The number of halogens is 1. The Labute approximate surface area is 148 Å². The number of benzene rings is 2. The van der Waals surface area contributed by atoms with Crippen molar-refractivity contribution < 1.29 is 12.8 Å². The lowest BCUT2D eigenvalue weighted by molar-refractivity contribution is 0.574. The van der Waals surface area contributed by atoms with E-state index in [9.17, 15) is 12.8 Å². The molecule has 0 amide bonds. The molecule has 0 saturated heterocycles. The molecule has 1 aliphatic rings. The number of hydrogen-bond donors (Lipinski definition) is 1. The zero-order valence-corrected chi connectivity index (χ0v) is 15.3. The van der Waals surface area contributed by atoms with Crippen LogP contribution in [0.1, 0.15) is 24.5 Å². The van der Waals surface area contributed by atoms with Crippen molar-refractivity contribution in [2.24, 2.45) is 0 Å². The molecule has 25 heavy (non-hydrogen) atoms. The van der Waals surface area contributed by atoms with Crippen LogP contribution in [0.25, 0.3) is 0 Å². The van der Waals surface area contributed by atoms with Crippen LogP contribution >= 0.6 is 0 Å². The second-order valence-electron chi connectivity index (χ2n) is 6.54. The largest absolute Gasteiger partial charge is 0.368 e. The number of fused-ring (bicyclic) bond motifs is 1. The fourth-order valence-electron chi connectivity index (χ4n) is 3.42. The molecule has 0 fully saturated rings. The van der Waals surface area contributed by atoms with Gasteiger partial charge >= 0.3 is 0 Å². The molecule has 2 aromatic carbocycles. The van der Waals surface area contributed by atoms with Crippen molar-refractivity contribution >= 4 is 15.7 Å². The highest BCUT2D eigenvalue weighted by Gasteiger charge is 2.25. The molecule has 6 heteroatoms. The molecule has 1 heterocycles. The van der Waals surface area contributed by atoms with Crippen LogP contribution in [0, 0.1) is 12.7 Å². The summed E-state index contributed by atoms with van der Waals surface area (Å²) in [6, 6.07) is 12.5. The van der Waals surface area contributed by atoms with Gasteiger partial charge in [0.15, 0.2) is 0 Å². The van der Waals surface area contributed by atoms with E-state index in [-0.39, 0.29) is 4.90 Å². The Morgan fingerprint density at radius 2 is 2.00 bits per heavy atom. The van der Waals surface area contributed by atoms with Crippen LogP contribution in [0.15, 0.2) is 47.4 Å². The number of sulfonamides is 1. The summed E-state index contributed by atoms with van der Waals surface area (Å²) in [7, 11) is -3.61. The smallest absolute Gasteiger partial charge is 0.240 e. The van der Waals surface area contributed by atoms with Gasteiger partial charge in [0, 0.05) is 24.8 Å². The van der Waals surface area contributed by atoms with Crippen LogP contribution in [0.2, 0.25) is 0 Å². The molecule has 1 unspecified atom stereocenters. The van der Waals surface area contributed by atoms with Gasteiger partial charge in [-0.2, -0.15) is 0 Å². The minimum absolute atomic E-state index is 0.133. The van der Waals surface area contributed by atoms with E-state index in [0.29, 0.717) is 24.6 Å². The summed E-state index contributed by atoms with van der Waals surface area (Å²) in [4.78, 5) is 2.46. The minimum atomic E-state index is -3.61. The lowest BCUT2D eigenvalue weighted by atomic mass is 10.1. The fourth-order valence-corrected chi connectivity index (χ4v) is 4.72. The highest BCUT2D eigenvalue weighted by atomic mass is 32.2. The van der Waals surface area contributed by atoms with Gasteiger partial charge in [-0.05, 0) is 62.1 Å². The Balaban J connectivity index is 1.58. The van der Waals surface area contributed by atoms with E-state index in [4.69, 9.17) is 0 Å². The molecule has 1 N–H and O–H groups in total. The Kier molecular flexibility index (Phi) is 5.11. The maximum absolute atomic E-state index is 13.2. The summed E-state index contributed by atoms with van der Waals surface area (Å²) in [5.41, 5.74) is 3.00. The molecule has 2 aromatic rings. The predicted octanol–water partition coefficient (Wildman–Crippen LogP) is 3.25. The molecule has 0 radical (unpaired) electrons. The summed E-state index contributed by atoms with van der Waals surface area (Å²) in [6.07, 6.45) is 1.73. The van der Waals surface area contributed by atoms with Crippen molar-refractivity contribution in [3.05, 3.63) is 59.4 Å². The van der Waals surface area contributed by atoms with Crippen molar-refractivity contribution in [2.75, 3.05) is 18.0 Å². The quantitative estimate of drug-likeness (QED) is 0.803. The van der Waals surface area contributed by atoms with Gasteiger partial charge in [-0.25, -0.2) is 17.5 Å². The molecule has 1 aliphatic heterocycles. The molecular weight excluding hydrogens is 339 g/mol. The summed E-state index contributed by atoms with van der Waals surface area (Å²) >= 11 is 0. The SMILES string of the molecule is Cc1cc(F)ccc1S(=O)(=O)NCCCN1c2ccccc2CC1C. The number of aryl methyl sites for hydroxylation is 1. The summed E-state index contributed by atoms with van der Waals surface area (Å²) in [6.45, 7) is 4.93. The summed E-state index contributed by atoms with van der Waals surface area (Å²) in [5, 5.41) is 0. The highest BCUT2D eigenvalue weighted by Crippen LogP contribution is 2.31. The van der Waals surface area contributed by atoms with E-state index in [1.54, 1.807) is 6.92 Å². The van der Waals surface area contributed by atoms with Crippen molar-refractivity contribution in [3.8, 4) is 0 Å². The molecule has 1 atom stereocenters. The third-order valence-corrected chi connectivity index (χ3v) is 6.26. The Morgan fingerprint density at radius 1 is 1.24 bits per heavy atom. The van der Waals surface area contributed by atoms with Crippen molar-refractivity contribution in [1.29, 1.82) is 0 Å². The van der Waals surface area contributed by atoms with Crippen molar-refractivity contribution in [3.63, 3.8) is 0 Å². The molecular formula is C19H23FN2O2S. The van der Waals surface area contributed by atoms with Crippen LogP contribution in [-0.4, -0.2) is 27.5 Å². The molecule has 0 spiro atoms. The molecule has 0 aliphatic carbocycles. The van der Waals surface area contributed by atoms with Gasteiger partial charge in [0.05, 0.1) is 4.90 Å². The maximum atomic E-state index is 13.2. The van der Waals surface area contributed by atoms with E-state index < -0.39 is 15.8 Å². The van der Waals surface area contributed by atoms with Gasteiger partial charge in [0.1, 0.15) is 5.82 Å². The van der Waals surface area contributed by atoms with Gasteiger partial charge < -0.3 is 4.90 Å².